The van der Waals surface area contributed by atoms with Gasteiger partial charge in [0.1, 0.15) is 5.56 Å². The van der Waals surface area contributed by atoms with Gasteiger partial charge in [0.25, 0.3) is 5.91 Å². The average Bonchev–Trinajstić information content (AvgIpc) is 2.85. The molecule has 0 bridgehead atoms. The standard InChI is InChI=1S/C17H21N3O4/c1-9(2)12-7-5-6-10(3)15(12)19-13(21)8-23-17(22)14-11(4)20-24-16(14)18/h5-7,9H,8,18H2,1-4H3,(H,19,21). The smallest absolute Gasteiger partial charge is 0.346 e. The van der Waals surface area contributed by atoms with E-state index in [1.807, 2.05) is 39.0 Å². The summed E-state index contributed by atoms with van der Waals surface area (Å²) in [6.45, 7) is 7.14. The van der Waals surface area contributed by atoms with Crippen LogP contribution >= 0.6 is 0 Å². The zero-order valence-corrected chi connectivity index (χ0v) is 14.2. The normalized spacial score (nSPS) is 10.7. The van der Waals surface area contributed by atoms with Crippen LogP contribution in [0.25, 0.3) is 0 Å². The van der Waals surface area contributed by atoms with Gasteiger partial charge in [-0.15, -0.1) is 0 Å². The summed E-state index contributed by atoms with van der Waals surface area (Å²) in [4.78, 5) is 24.1. The molecule has 24 heavy (non-hydrogen) atoms. The van der Waals surface area contributed by atoms with Gasteiger partial charge in [0.15, 0.2) is 6.61 Å². The number of ether oxygens (including phenoxy) is 1. The molecule has 0 saturated carbocycles. The molecule has 1 heterocycles. The highest BCUT2D eigenvalue weighted by Crippen LogP contribution is 2.27. The molecule has 1 aromatic carbocycles. The number of nitrogens with two attached hydrogens (primary N) is 1. The Morgan fingerprint density at radius 2 is 2.04 bits per heavy atom. The molecule has 2 rings (SSSR count). The summed E-state index contributed by atoms with van der Waals surface area (Å²) in [5, 5.41) is 6.38. The minimum absolute atomic E-state index is 0.0431. The molecular formula is C17H21N3O4. The van der Waals surface area contributed by atoms with Gasteiger partial charge in [0.05, 0.1) is 5.69 Å². The van der Waals surface area contributed by atoms with Gasteiger partial charge in [0.2, 0.25) is 5.88 Å². The third kappa shape index (κ3) is 3.73. The van der Waals surface area contributed by atoms with E-state index in [-0.39, 0.29) is 17.4 Å². The molecule has 0 aliphatic heterocycles. The zero-order chi connectivity index (χ0) is 17.9. The number of nitrogens with zero attached hydrogens (tertiary/aromatic N) is 1. The predicted octanol–water partition coefficient (Wildman–Crippen LogP) is 2.79. The summed E-state index contributed by atoms with van der Waals surface area (Å²) in [5.74, 6) is -1.04. The van der Waals surface area contributed by atoms with Gasteiger partial charge in [-0.1, -0.05) is 37.2 Å². The molecule has 7 nitrogen and oxygen atoms in total. The van der Waals surface area contributed by atoms with Gasteiger partial charge < -0.3 is 20.3 Å². The SMILES string of the molecule is Cc1cccc(C(C)C)c1NC(=O)COC(=O)c1c(C)noc1N. The van der Waals surface area contributed by atoms with E-state index < -0.39 is 18.5 Å². The van der Waals surface area contributed by atoms with E-state index in [4.69, 9.17) is 15.0 Å². The summed E-state index contributed by atoms with van der Waals surface area (Å²) >= 11 is 0. The predicted molar refractivity (Wildman–Crippen MR) is 89.8 cm³/mol. The number of rotatable bonds is 5. The number of nitrogens with one attached hydrogen (secondary N) is 1. The van der Waals surface area contributed by atoms with Gasteiger partial charge >= 0.3 is 5.97 Å². The van der Waals surface area contributed by atoms with E-state index in [2.05, 4.69) is 10.5 Å². The maximum atomic E-state index is 12.1. The molecule has 0 saturated heterocycles. The number of para-hydroxylation sites is 1. The minimum atomic E-state index is -0.740. The molecule has 0 spiro atoms. The van der Waals surface area contributed by atoms with Gasteiger partial charge in [-0.2, -0.15) is 0 Å². The second kappa shape index (κ2) is 7.16. The summed E-state index contributed by atoms with van der Waals surface area (Å²) in [6, 6.07) is 5.81. The lowest BCUT2D eigenvalue weighted by Crippen LogP contribution is -2.22. The molecule has 0 fully saturated rings. The molecule has 7 heteroatoms. The second-order valence-electron chi connectivity index (χ2n) is 5.83. The first kappa shape index (κ1) is 17.5. The molecule has 3 N–H and O–H groups in total. The number of benzene rings is 1. The van der Waals surface area contributed by atoms with Crippen molar-refractivity contribution in [1.29, 1.82) is 0 Å². The van der Waals surface area contributed by atoms with Crippen LogP contribution in [0.4, 0.5) is 11.6 Å². The first-order valence-corrected chi connectivity index (χ1v) is 7.59. The second-order valence-corrected chi connectivity index (χ2v) is 5.83. The molecule has 0 aliphatic carbocycles. The Morgan fingerprint density at radius 1 is 1.33 bits per heavy atom. The van der Waals surface area contributed by atoms with E-state index in [0.29, 0.717) is 5.69 Å². The first-order valence-electron chi connectivity index (χ1n) is 7.59. The molecule has 2 aromatic rings. The number of nitrogen functional groups attached to an aromatic ring is 1. The highest BCUT2D eigenvalue weighted by molar-refractivity contribution is 5.98. The molecule has 0 unspecified atom stereocenters. The van der Waals surface area contributed by atoms with Crippen molar-refractivity contribution in [2.24, 2.45) is 0 Å². The number of aromatic nitrogens is 1. The fourth-order valence-electron chi connectivity index (χ4n) is 2.36. The lowest BCUT2D eigenvalue weighted by atomic mass is 9.98. The summed E-state index contributed by atoms with van der Waals surface area (Å²) in [7, 11) is 0. The molecule has 128 valence electrons. The van der Waals surface area contributed by atoms with Crippen LogP contribution in [0, 0.1) is 13.8 Å². The Hall–Kier alpha value is -2.83. The van der Waals surface area contributed by atoms with Crippen LogP contribution in [0.2, 0.25) is 0 Å². The number of hydrogen-bond acceptors (Lipinski definition) is 6. The van der Waals surface area contributed by atoms with E-state index in [0.717, 1.165) is 16.8 Å². The Bertz CT molecular complexity index is 746. The third-order valence-corrected chi connectivity index (χ3v) is 3.62. The summed E-state index contributed by atoms with van der Waals surface area (Å²) in [6.07, 6.45) is 0. The maximum absolute atomic E-state index is 12.1. The number of carbonyl (C=O) groups excluding carboxylic acids is 2. The van der Waals surface area contributed by atoms with Crippen LogP contribution in [0.1, 0.15) is 46.9 Å². The minimum Gasteiger partial charge on any atom is -0.452 e. The number of anilines is 2. The summed E-state index contributed by atoms with van der Waals surface area (Å²) in [5.41, 5.74) is 8.59. The molecular weight excluding hydrogens is 310 g/mol. The van der Waals surface area contributed by atoms with Crippen molar-refractivity contribution >= 4 is 23.4 Å². The number of carbonyl (C=O) groups is 2. The third-order valence-electron chi connectivity index (χ3n) is 3.62. The van der Waals surface area contributed by atoms with Crippen LogP contribution in [0.5, 0.6) is 0 Å². The van der Waals surface area contributed by atoms with Crippen LogP contribution in [-0.2, 0) is 9.53 Å². The van der Waals surface area contributed by atoms with Gasteiger partial charge in [-0.05, 0) is 30.9 Å². The van der Waals surface area contributed by atoms with E-state index in [9.17, 15) is 9.59 Å². The fourth-order valence-corrected chi connectivity index (χ4v) is 2.36. The molecule has 1 aromatic heterocycles. The van der Waals surface area contributed by atoms with Crippen molar-refractivity contribution in [2.45, 2.75) is 33.6 Å². The van der Waals surface area contributed by atoms with Crippen molar-refractivity contribution < 1.29 is 18.8 Å². The van der Waals surface area contributed by atoms with Crippen molar-refractivity contribution in [2.75, 3.05) is 17.7 Å². The van der Waals surface area contributed by atoms with E-state index in [1.54, 1.807) is 6.92 Å². The average molecular weight is 331 g/mol. The van der Waals surface area contributed by atoms with Gasteiger partial charge in [-0.3, -0.25) is 4.79 Å². The van der Waals surface area contributed by atoms with Crippen LogP contribution in [0.3, 0.4) is 0 Å². The summed E-state index contributed by atoms with van der Waals surface area (Å²) < 4.78 is 9.69. The zero-order valence-electron chi connectivity index (χ0n) is 14.2. The first-order chi connectivity index (χ1) is 11.3. The maximum Gasteiger partial charge on any atom is 0.346 e. The van der Waals surface area contributed by atoms with E-state index in [1.165, 1.54) is 0 Å². The van der Waals surface area contributed by atoms with Crippen molar-refractivity contribution in [3.8, 4) is 0 Å². The topological polar surface area (TPSA) is 107 Å². The number of hydrogen-bond donors (Lipinski definition) is 2. The number of amides is 1. The van der Waals surface area contributed by atoms with Gasteiger partial charge in [0, 0.05) is 5.69 Å². The highest BCUT2D eigenvalue weighted by Gasteiger charge is 2.21. The highest BCUT2D eigenvalue weighted by atomic mass is 16.5. The Morgan fingerprint density at radius 3 is 2.62 bits per heavy atom. The van der Waals surface area contributed by atoms with Gasteiger partial charge in [-0.25, -0.2) is 4.79 Å². The molecule has 0 radical (unpaired) electrons. The molecule has 0 atom stereocenters. The molecule has 1 amide bonds. The fraction of sp³-hybridized carbons (Fsp3) is 0.353. The largest absolute Gasteiger partial charge is 0.452 e. The Kier molecular flexibility index (Phi) is 5.23. The Balaban J connectivity index is 2.04. The van der Waals surface area contributed by atoms with Crippen LogP contribution in [0.15, 0.2) is 22.7 Å². The van der Waals surface area contributed by atoms with Crippen molar-refractivity contribution in [3.05, 3.63) is 40.6 Å². The van der Waals surface area contributed by atoms with Crippen LogP contribution < -0.4 is 11.1 Å². The monoisotopic (exact) mass is 331 g/mol. The lowest BCUT2D eigenvalue weighted by Gasteiger charge is -2.16. The van der Waals surface area contributed by atoms with E-state index >= 15 is 0 Å². The lowest BCUT2D eigenvalue weighted by molar-refractivity contribution is -0.119. The Labute approximate surface area is 140 Å². The van der Waals surface area contributed by atoms with Crippen LogP contribution in [-0.4, -0.2) is 23.6 Å². The molecule has 0 aliphatic rings. The quantitative estimate of drug-likeness (QED) is 0.816. The van der Waals surface area contributed by atoms with Crippen molar-refractivity contribution in [3.63, 3.8) is 0 Å². The number of esters is 1. The van der Waals surface area contributed by atoms with Crippen molar-refractivity contribution in [1.82, 2.24) is 5.16 Å². The number of aryl methyl sites for hydroxylation is 2.